The maximum atomic E-state index is 13.6. The first-order valence-electron chi connectivity index (χ1n) is 11.1. The van der Waals surface area contributed by atoms with Crippen molar-refractivity contribution in [2.75, 3.05) is 24.4 Å². The third kappa shape index (κ3) is 3.67. The highest BCUT2D eigenvalue weighted by Gasteiger charge is 2.41. The largest absolute Gasteiger partial charge is 0.508 e. The number of rotatable bonds is 4. The zero-order valence-corrected chi connectivity index (χ0v) is 20.1. The SMILES string of the molecule is Cc1[nH]c2c(OC(=O)N(C)N)cc3c(c2c1C(=O)O)[C@H](CCl)CN3C(=O)C1=C[C@H]2C=C(O)C=CC2O1. The van der Waals surface area contributed by atoms with Crippen LogP contribution in [0.1, 0.15) is 27.5 Å². The van der Waals surface area contributed by atoms with E-state index in [1.54, 1.807) is 25.2 Å². The van der Waals surface area contributed by atoms with Crippen LogP contribution in [0.2, 0.25) is 0 Å². The molecule has 1 unspecified atom stereocenters. The number of hydrogen-bond acceptors (Lipinski definition) is 7. The van der Waals surface area contributed by atoms with Gasteiger partial charge in [0.15, 0.2) is 11.5 Å². The molecule has 2 amide bonds. The van der Waals surface area contributed by atoms with Gasteiger partial charge < -0.3 is 29.6 Å². The molecule has 0 saturated heterocycles. The Morgan fingerprint density at radius 3 is 2.78 bits per heavy atom. The number of fused-ring (bicyclic) bond motifs is 4. The van der Waals surface area contributed by atoms with Crippen molar-refractivity contribution >= 4 is 46.2 Å². The number of carboxylic acid groups (broad SMARTS) is 1. The molecule has 0 radical (unpaired) electrons. The monoisotopic (exact) mass is 514 g/mol. The molecule has 3 atom stereocenters. The number of anilines is 1. The molecule has 5 rings (SSSR count). The van der Waals surface area contributed by atoms with Crippen LogP contribution in [0.15, 0.2) is 41.9 Å². The van der Waals surface area contributed by atoms with Crippen molar-refractivity contribution in [2.24, 2.45) is 11.8 Å². The third-order valence-electron chi connectivity index (χ3n) is 6.50. The maximum Gasteiger partial charge on any atom is 0.429 e. The molecule has 3 heterocycles. The van der Waals surface area contributed by atoms with Crippen LogP contribution in [0.25, 0.3) is 10.9 Å². The topological polar surface area (TPSA) is 158 Å². The van der Waals surface area contributed by atoms with Gasteiger partial charge in [0.25, 0.3) is 5.91 Å². The van der Waals surface area contributed by atoms with Gasteiger partial charge in [-0.3, -0.25) is 4.79 Å². The average molecular weight is 515 g/mol. The number of alkyl halides is 1. The van der Waals surface area contributed by atoms with Crippen LogP contribution in [0, 0.1) is 12.8 Å². The van der Waals surface area contributed by atoms with Crippen molar-refractivity contribution in [1.82, 2.24) is 9.99 Å². The van der Waals surface area contributed by atoms with Gasteiger partial charge in [0, 0.05) is 48.5 Å². The Hall–Kier alpha value is -3.96. The van der Waals surface area contributed by atoms with Crippen LogP contribution in [-0.2, 0) is 9.53 Å². The van der Waals surface area contributed by atoms with E-state index in [9.17, 15) is 24.6 Å². The second-order valence-corrected chi connectivity index (χ2v) is 9.18. The molecular formula is C24H23ClN4O7. The minimum Gasteiger partial charge on any atom is -0.508 e. The van der Waals surface area contributed by atoms with E-state index in [0.717, 1.165) is 5.01 Å². The fourth-order valence-electron chi connectivity index (χ4n) is 4.91. The molecule has 36 heavy (non-hydrogen) atoms. The Labute approximate surface area is 210 Å². The number of hydrogen-bond donors (Lipinski definition) is 4. The fourth-order valence-corrected chi connectivity index (χ4v) is 5.16. The number of amides is 2. The lowest BCUT2D eigenvalue weighted by atomic mass is 9.95. The Bertz CT molecular complexity index is 1410. The molecule has 1 aliphatic carbocycles. The number of carboxylic acids is 1. The van der Waals surface area contributed by atoms with E-state index in [0.29, 0.717) is 22.3 Å². The minimum absolute atomic E-state index is 0.00207. The van der Waals surface area contributed by atoms with Crippen molar-refractivity contribution < 1.29 is 34.1 Å². The smallest absolute Gasteiger partial charge is 0.429 e. The molecule has 11 nitrogen and oxygen atoms in total. The van der Waals surface area contributed by atoms with Gasteiger partial charge in [-0.2, -0.15) is 0 Å². The van der Waals surface area contributed by atoms with Crippen molar-refractivity contribution in [1.29, 1.82) is 0 Å². The normalized spacial score (nSPS) is 22.0. The number of nitrogens with zero attached hydrogens (tertiary/aromatic N) is 2. The first kappa shape index (κ1) is 23.8. The van der Waals surface area contributed by atoms with Gasteiger partial charge in [-0.15, -0.1) is 11.6 Å². The summed E-state index contributed by atoms with van der Waals surface area (Å²) in [7, 11) is 1.30. The Morgan fingerprint density at radius 2 is 2.11 bits per heavy atom. The highest BCUT2D eigenvalue weighted by molar-refractivity contribution is 6.20. The van der Waals surface area contributed by atoms with Crippen LogP contribution in [0.5, 0.6) is 5.75 Å². The van der Waals surface area contributed by atoms with E-state index in [1.807, 2.05) is 0 Å². The molecule has 5 N–H and O–H groups in total. The number of carbonyl (C=O) groups is 3. The third-order valence-corrected chi connectivity index (χ3v) is 6.87. The van der Waals surface area contributed by atoms with E-state index >= 15 is 0 Å². The van der Waals surface area contributed by atoms with Crippen molar-refractivity contribution in [2.45, 2.75) is 18.9 Å². The molecule has 0 bridgehead atoms. The zero-order valence-electron chi connectivity index (χ0n) is 19.3. The van der Waals surface area contributed by atoms with Gasteiger partial charge in [0.05, 0.1) is 16.8 Å². The van der Waals surface area contributed by atoms with Crippen molar-refractivity contribution in [3.05, 3.63) is 58.7 Å². The van der Waals surface area contributed by atoms with Gasteiger partial charge in [-0.25, -0.2) is 20.4 Å². The zero-order chi connectivity index (χ0) is 25.9. The summed E-state index contributed by atoms with van der Waals surface area (Å²) in [5.41, 5.74) is 1.56. The number of allylic oxidation sites excluding steroid dienone is 1. The molecule has 0 saturated carbocycles. The number of aliphatic hydroxyl groups excluding tert-OH is 1. The first-order chi connectivity index (χ1) is 17.1. The van der Waals surface area contributed by atoms with Crippen LogP contribution in [0.4, 0.5) is 10.5 Å². The molecule has 12 heteroatoms. The van der Waals surface area contributed by atoms with Gasteiger partial charge in [0.1, 0.15) is 11.9 Å². The van der Waals surface area contributed by atoms with Gasteiger partial charge in [-0.05, 0) is 36.8 Å². The van der Waals surface area contributed by atoms with E-state index in [-0.39, 0.29) is 46.7 Å². The van der Waals surface area contributed by atoms with Gasteiger partial charge >= 0.3 is 12.1 Å². The van der Waals surface area contributed by atoms with E-state index in [4.69, 9.17) is 26.9 Å². The molecule has 1 aromatic heterocycles. The maximum absolute atomic E-state index is 13.6. The minimum atomic E-state index is -1.18. The number of ether oxygens (including phenoxy) is 2. The summed E-state index contributed by atoms with van der Waals surface area (Å²) in [5.74, 6) is 3.48. The van der Waals surface area contributed by atoms with Crippen molar-refractivity contribution in [3.8, 4) is 5.75 Å². The summed E-state index contributed by atoms with van der Waals surface area (Å²) in [6.07, 6.45) is 5.10. The van der Waals surface area contributed by atoms with Crippen molar-refractivity contribution in [3.63, 3.8) is 0 Å². The number of aliphatic hydroxyl groups is 1. The standard InChI is InChI=1S/C24H23ClN4O7/c1-10-18(23(32)33)20-19-12(8-25)9-29(14(19)7-16(21(20)27-10)36-24(34)28(2)26)22(31)17-6-11-5-13(30)3-4-15(11)35-17/h3-7,11-12,15,27,30H,8-9,26H2,1-2H3,(H,32,33)/t11-,12-,15?/m1/s1. The molecule has 3 aliphatic rings. The first-order valence-corrected chi connectivity index (χ1v) is 11.6. The molecule has 0 spiro atoms. The quantitative estimate of drug-likeness (QED) is 0.210. The summed E-state index contributed by atoms with van der Waals surface area (Å²) >= 11 is 6.29. The number of aromatic nitrogens is 1. The number of nitrogens with one attached hydrogen (secondary N) is 1. The number of aryl methyl sites for hydroxylation is 1. The van der Waals surface area contributed by atoms with Crippen LogP contribution >= 0.6 is 11.6 Å². The molecule has 188 valence electrons. The fraction of sp³-hybridized carbons (Fsp3) is 0.292. The van der Waals surface area contributed by atoms with Crippen LogP contribution in [-0.4, -0.2) is 63.8 Å². The second kappa shape index (κ2) is 8.61. The number of hydrazine groups is 1. The summed E-state index contributed by atoms with van der Waals surface area (Å²) in [6, 6.07) is 1.50. The Morgan fingerprint density at radius 1 is 1.36 bits per heavy atom. The number of aromatic carboxylic acids is 1. The highest BCUT2D eigenvalue weighted by atomic mass is 35.5. The number of aromatic amines is 1. The summed E-state index contributed by atoms with van der Waals surface area (Å²) in [5, 5.41) is 20.8. The number of H-pyrrole nitrogens is 1. The molecule has 0 fully saturated rings. The van der Waals surface area contributed by atoms with Crippen LogP contribution in [0.3, 0.4) is 0 Å². The van der Waals surface area contributed by atoms with E-state index in [1.165, 1.54) is 24.1 Å². The van der Waals surface area contributed by atoms with E-state index in [2.05, 4.69) is 4.98 Å². The predicted molar refractivity (Wildman–Crippen MR) is 130 cm³/mol. The average Bonchev–Trinajstić information content (AvgIpc) is 3.50. The molecular weight excluding hydrogens is 492 g/mol. The van der Waals surface area contributed by atoms with Crippen LogP contribution < -0.4 is 15.5 Å². The number of benzene rings is 1. The second-order valence-electron chi connectivity index (χ2n) is 8.87. The Kier molecular flexibility index (Phi) is 5.68. The number of halogens is 1. The highest BCUT2D eigenvalue weighted by Crippen LogP contribution is 2.48. The lowest BCUT2D eigenvalue weighted by molar-refractivity contribution is -0.118. The Balaban J connectivity index is 1.66. The molecule has 2 aromatic rings. The molecule has 1 aromatic carbocycles. The number of carbonyl (C=O) groups excluding carboxylic acids is 2. The summed E-state index contributed by atoms with van der Waals surface area (Å²) < 4.78 is 11.3. The van der Waals surface area contributed by atoms with E-state index < -0.39 is 30.0 Å². The number of nitrogens with two attached hydrogens (primary N) is 1. The summed E-state index contributed by atoms with van der Waals surface area (Å²) in [4.78, 5) is 42.5. The lowest BCUT2D eigenvalue weighted by Crippen LogP contribution is -2.35. The van der Waals surface area contributed by atoms with Gasteiger partial charge in [-0.1, -0.05) is 0 Å². The molecule has 2 aliphatic heterocycles. The lowest BCUT2D eigenvalue weighted by Gasteiger charge is -2.21. The summed E-state index contributed by atoms with van der Waals surface area (Å²) in [6.45, 7) is 1.76. The van der Waals surface area contributed by atoms with Gasteiger partial charge in [0.2, 0.25) is 0 Å². The predicted octanol–water partition coefficient (Wildman–Crippen LogP) is 3.06.